The van der Waals surface area contributed by atoms with Crippen LogP contribution in [0.15, 0.2) is 51.4 Å². The number of amides is 1. The zero-order chi connectivity index (χ0) is 23.6. The van der Waals surface area contributed by atoms with Crippen LogP contribution in [-0.2, 0) is 16.8 Å². The van der Waals surface area contributed by atoms with Gasteiger partial charge >= 0.3 is 11.7 Å². The molecule has 2 aromatic heterocycles. The molecular weight excluding hydrogens is 434 g/mol. The average molecular weight is 458 g/mol. The van der Waals surface area contributed by atoms with Crippen molar-refractivity contribution in [2.24, 2.45) is 0 Å². The van der Waals surface area contributed by atoms with Crippen molar-refractivity contribution < 1.29 is 19.8 Å². The molecule has 3 rings (SSSR count). The van der Waals surface area contributed by atoms with Crippen molar-refractivity contribution in [3.8, 4) is 10.9 Å². The van der Waals surface area contributed by atoms with Gasteiger partial charge < -0.3 is 15.5 Å². The minimum atomic E-state index is -1.32. The molecule has 0 saturated heterocycles. The van der Waals surface area contributed by atoms with E-state index in [4.69, 9.17) is 5.11 Å². The van der Waals surface area contributed by atoms with Crippen LogP contribution < -0.4 is 16.6 Å². The Bertz CT molecular complexity index is 1270. The third-order valence-electron chi connectivity index (χ3n) is 4.83. The number of carboxylic acids is 1. The molecule has 0 aliphatic carbocycles. The number of thiophene rings is 1. The molecule has 0 radical (unpaired) electrons. The first-order valence-electron chi connectivity index (χ1n) is 9.73. The number of aromatic nitrogens is 2. The van der Waals surface area contributed by atoms with E-state index in [1.165, 1.54) is 0 Å². The van der Waals surface area contributed by atoms with Gasteiger partial charge in [0.1, 0.15) is 11.5 Å². The molecule has 0 fully saturated rings. The second kappa shape index (κ2) is 8.83. The van der Waals surface area contributed by atoms with Gasteiger partial charge in [0, 0.05) is 0 Å². The standard InChI is InChI=1S/C22H23N3O6S/c1-22(2,3)14-8-6-13(7-9-14)12-24-19(29)17(18(28)23-11-16(26)27)20(30)25(21(24)31)15-5-4-10-32-15/h4-10,30H,11-12H2,1-3H3,(H,23,28)(H,26,27). The molecule has 0 bridgehead atoms. The van der Waals surface area contributed by atoms with Crippen molar-refractivity contribution in [3.05, 3.63) is 79.3 Å². The third kappa shape index (κ3) is 4.65. The summed E-state index contributed by atoms with van der Waals surface area (Å²) in [6.07, 6.45) is 0. The van der Waals surface area contributed by atoms with E-state index in [1.54, 1.807) is 29.6 Å². The van der Waals surface area contributed by atoms with Crippen LogP contribution in [0.4, 0.5) is 0 Å². The Kier molecular flexibility index (Phi) is 6.35. The first kappa shape index (κ1) is 23.0. The second-order valence-corrected chi connectivity index (χ2v) is 9.11. The highest BCUT2D eigenvalue weighted by molar-refractivity contribution is 7.12. The molecular formula is C22H23N3O6S. The van der Waals surface area contributed by atoms with Crippen molar-refractivity contribution in [2.75, 3.05) is 6.54 Å². The maximum absolute atomic E-state index is 13.1. The van der Waals surface area contributed by atoms with E-state index in [0.29, 0.717) is 10.6 Å². The topological polar surface area (TPSA) is 131 Å². The predicted molar refractivity (Wildman–Crippen MR) is 120 cm³/mol. The van der Waals surface area contributed by atoms with Gasteiger partial charge in [-0.15, -0.1) is 11.3 Å². The maximum Gasteiger partial charge on any atom is 0.339 e. The van der Waals surface area contributed by atoms with Gasteiger partial charge in [-0.1, -0.05) is 45.0 Å². The SMILES string of the molecule is CC(C)(C)c1ccc(Cn2c(=O)c(C(=O)NCC(=O)O)c(O)n(-c3cccs3)c2=O)cc1. The van der Waals surface area contributed by atoms with E-state index < -0.39 is 41.1 Å². The lowest BCUT2D eigenvalue weighted by atomic mass is 9.87. The number of nitrogens with one attached hydrogen (secondary N) is 1. The van der Waals surface area contributed by atoms with Crippen molar-refractivity contribution in [1.29, 1.82) is 0 Å². The number of benzene rings is 1. The van der Waals surface area contributed by atoms with Gasteiger partial charge in [-0.2, -0.15) is 0 Å². The van der Waals surface area contributed by atoms with Gasteiger partial charge in [0.2, 0.25) is 5.88 Å². The highest BCUT2D eigenvalue weighted by atomic mass is 32.1. The fraction of sp³-hybridized carbons (Fsp3) is 0.273. The smallest absolute Gasteiger partial charge is 0.339 e. The lowest BCUT2D eigenvalue weighted by molar-refractivity contribution is -0.135. The molecule has 9 nitrogen and oxygen atoms in total. The molecule has 0 aliphatic rings. The highest BCUT2D eigenvalue weighted by Crippen LogP contribution is 2.23. The fourth-order valence-electron chi connectivity index (χ4n) is 3.11. The van der Waals surface area contributed by atoms with Crippen LogP contribution in [0.25, 0.3) is 5.00 Å². The minimum absolute atomic E-state index is 0.0742. The lowest BCUT2D eigenvalue weighted by Crippen LogP contribution is -2.44. The zero-order valence-corrected chi connectivity index (χ0v) is 18.6. The summed E-state index contributed by atoms with van der Waals surface area (Å²) in [4.78, 5) is 49.5. The van der Waals surface area contributed by atoms with Crippen LogP contribution in [0.5, 0.6) is 5.88 Å². The van der Waals surface area contributed by atoms with Crippen LogP contribution in [0.1, 0.15) is 42.3 Å². The summed E-state index contributed by atoms with van der Waals surface area (Å²) >= 11 is 1.13. The third-order valence-corrected chi connectivity index (χ3v) is 5.68. The summed E-state index contributed by atoms with van der Waals surface area (Å²) in [7, 11) is 0. The Morgan fingerprint density at radius 1 is 1.09 bits per heavy atom. The van der Waals surface area contributed by atoms with Gasteiger partial charge in [0.15, 0.2) is 5.56 Å². The molecule has 0 saturated carbocycles. The molecule has 3 N–H and O–H groups in total. The average Bonchev–Trinajstić information content (AvgIpc) is 3.23. The first-order valence-corrected chi connectivity index (χ1v) is 10.6. The first-order chi connectivity index (χ1) is 15.0. The molecule has 168 valence electrons. The van der Waals surface area contributed by atoms with Crippen LogP contribution in [0, 0.1) is 0 Å². The number of hydrogen-bond donors (Lipinski definition) is 3. The molecule has 0 spiro atoms. The van der Waals surface area contributed by atoms with Gasteiger partial charge in [0.25, 0.3) is 11.5 Å². The molecule has 2 heterocycles. The summed E-state index contributed by atoms with van der Waals surface area (Å²) < 4.78 is 1.71. The van der Waals surface area contributed by atoms with Gasteiger partial charge in [-0.3, -0.25) is 19.0 Å². The fourth-order valence-corrected chi connectivity index (χ4v) is 3.84. The summed E-state index contributed by atoms with van der Waals surface area (Å²) in [5.74, 6) is -3.25. The second-order valence-electron chi connectivity index (χ2n) is 8.18. The largest absolute Gasteiger partial charge is 0.493 e. The molecule has 3 aromatic rings. The number of aromatic hydroxyl groups is 1. The number of carboxylic acid groups (broad SMARTS) is 1. The summed E-state index contributed by atoms with van der Waals surface area (Å²) in [5.41, 5.74) is -0.880. The van der Waals surface area contributed by atoms with E-state index in [9.17, 15) is 24.3 Å². The number of nitrogens with zero attached hydrogens (tertiary/aromatic N) is 2. The lowest BCUT2D eigenvalue weighted by Gasteiger charge is -2.19. The molecule has 1 amide bonds. The van der Waals surface area contributed by atoms with Crippen LogP contribution in [-0.4, -0.2) is 37.8 Å². The van der Waals surface area contributed by atoms with E-state index in [0.717, 1.165) is 26.0 Å². The minimum Gasteiger partial charge on any atom is -0.493 e. The quantitative estimate of drug-likeness (QED) is 0.518. The van der Waals surface area contributed by atoms with E-state index in [1.807, 2.05) is 12.1 Å². The Labute approximate surface area is 187 Å². The number of rotatable bonds is 6. The van der Waals surface area contributed by atoms with E-state index in [2.05, 4.69) is 26.1 Å². The van der Waals surface area contributed by atoms with Crippen LogP contribution >= 0.6 is 11.3 Å². The summed E-state index contributed by atoms with van der Waals surface area (Å²) in [5, 5.41) is 23.5. The number of hydrogen-bond acceptors (Lipinski definition) is 6. The number of carbonyl (C=O) groups is 2. The van der Waals surface area contributed by atoms with E-state index in [-0.39, 0.29) is 12.0 Å². The number of aliphatic carboxylic acids is 1. The monoisotopic (exact) mass is 457 g/mol. The van der Waals surface area contributed by atoms with Crippen LogP contribution in [0.2, 0.25) is 0 Å². The summed E-state index contributed by atoms with van der Waals surface area (Å²) in [6, 6.07) is 10.6. The van der Waals surface area contributed by atoms with Crippen molar-refractivity contribution in [1.82, 2.24) is 14.5 Å². The molecule has 0 aliphatic heterocycles. The Balaban J connectivity index is 2.15. The van der Waals surface area contributed by atoms with E-state index >= 15 is 0 Å². The number of carbonyl (C=O) groups excluding carboxylic acids is 1. The van der Waals surface area contributed by atoms with Gasteiger partial charge in [0.05, 0.1) is 6.54 Å². The van der Waals surface area contributed by atoms with Crippen LogP contribution in [0.3, 0.4) is 0 Å². The summed E-state index contributed by atoms with van der Waals surface area (Å²) in [6.45, 7) is 5.31. The highest BCUT2D eigenvalue weighted by Gasteiger charge is 2.26. The maximum atomic E-state index is 13.1. The normalized spacial score (nSPS) is 11.3. The van der Waals surface area contributed by atoms with Crippen molar-refractivity contribution >= 4 is 23.2 Å². The molecule has 10 heteroatoms. The molecule has 1 aromatic carbocycles. The Morgan fingerprint density at radius 3 is 2.28 bits per heavy atom. The molecule has 0 unspecified atom stereocenters. The van der Waals surface area contributed by atoms with Gasteiger partial charge in [-0.05, 0) is 34.1 Å². The van der Waals surface area contributed by atoms with Gasteiger partial charge in [-0.25, -0.2) is 9.36 Å². The molecule has 32 heavy (non-hydrogen) atoms. The Hall–Kier alpha value is -3.66. The zero-order valence-electron chi connectivity index (χ0n) is 17.8. The molecule has 0 atom stereocenters. The van der Waals surface area contributed by atoms with Crippen molar-refractivity contribution in [3.63, 3.8) is 0 Å². The predicted octanol–water partition coefficient (Wildman–Crippen LogP) is 1.93. The Morgan fingerprint density at radius 2 is 1.75 bits per heavy atom. The van der Waals surface area contributed by atoms with Crippen molar-refractivity contribution in [2.45, 2.75) is 32.7 Å².